The number of fused-ring (bicyclic) bond motifs is 1. The summed E-state index contributed by atoms with van der Waals surface area (Å²) >= 11 is 0. The highest BCUT2D eigenvalue weighted by Gasteiger charge is 2.16. The highest BCUT2D eigenvalue weighted by atomic mass is 32.2. The maximum Gasteiger partial charge on any atom is 0.333 e. The summed E-state index contributed by atoms with van der Waals surface area (Å²) in [5, 5.41) is 9.21. The molecule has 0 unspecified atom stereocenters. The van der Waals surface area contributed by atoms with Crippen molar-refractivity contribution in [1.29, 1.82) is 0 Å². The van der Waals surface area contributed by atoms with E-state index < -0.39 is 10.3 Å². The predicted octanol–water partition coefficient (Wildman–Crippen LogP) is 0.981. The van der Waals surface area contributed by atoms with Crippen molar-refractivity contribution < 1.29 is 17.0 Å². The molecule has 0 bridgehead atoms. The fourth-order valence-electron chi connectivity index (χ4n) is 2.82. The SMILES string of the molecule is Cc1ccc(-c2nc(N)nc3c(Cc4cccc(COS(N)(=O)=O)n4)cnn23)o1. The molecule has 29 heavy (non-hydrogen) atoms. The van der Waals surface area contributed by atoms with E-state index in [0.717, 1.165) is 11.3 Å². The first-order chi connectivity index (χ1) is 13.8. The Balaban J connectivity index is 1.67. The van der Waals surface area contributed by atoms with E-state index in [4.69, 9.17) is 15.3 Å². The van der Waals surface area contributed by atoms with Gasteiger partial charge in [-0.3, -0.25) is 9.17 Å². The van der Waals surface area contributed by atoms with E-state index in [1.54, 1.807) is 35.0 Å². The zero-order valence-corrected chi connectivity index (χ0v) is 16.1. The number of nitrogens with zero attached hydrogens (tertiary/aromatic N) is 5. The standard InChI is InChI=1S/C17H17N7O4S/c1-10-5-6-14(28-10)16-23-17(18)22-15-11(8-20-24(15)16)7-12-3-2-4-13(21-12)9-27-29(19,25)26/h2-6,8H,7,9H2,1H3,(H2,18,22)(H2,19,25,26). The van der Waals surface area contributed by atoms with Gasteiger partial charge in [0.2, 0.25) is 11.8 Å². The van der Waals surface area contributed by atoms with Crippen LogP contribution >= 0.6 is 0 Å². The van der Waals surface area contributed by atoms with Gasteiger partial charge in [-0.05, 0) is 31.2 Å². The van der Waals surface area contributed by atoms with Gasteiger partial charge < -0.3 is 10.2 Å². The zero-order valence-electron chi connectivity index (χ0n) is 15.3. The Morgan fingerprint density at radius 2 is 1.93 bits per heavy atom. The maximum atomic E-state index is 11.0. The van der Waals surface area contributed by atoms with E-state index in [1.165, 1.54) is 0 Å². The topological polar surface area (TPSA) is 165 Å². The average molecular weight is 415 g/mol. The molecule has 0 aliphatic heterocycles. The molecular formula is C17H17N7O4S. The molecule has 0 radical (unpaired) electrons. The molecular weight excluding hydrogens is 398 g/mol. The number of aromatic nitrogens is 5. The molecule has 4 aromatic rings. The van der Waals surface area contributed by atoms with Gasteiger partial charge in [0, 0.05) is 17.7 Å². The fourth-order valence-corrected chi connectivity index (χ4v) is 3.11. The molecule has 0 fully saturated rings. The first kappa shape index (κ1) is 19.0. The van der Waals surface area contributed by atoms with Gasteiger partial charge >= 0.3 is 10.3 Å². The Morgan fingerprint density at radius 3 is 2.66 bits per heavy atom. The summed E-state index contributed by atoms with van der Waals surface area (Å²) in [5.41, 5.74) is 8.27. The van der Waals surface area contributed by atoms with Crippen molar-refractivity contribution in [3.05, 3.63) is 59.2 Å². The third kappa shape index (κ3) is 4.23. The number of pyridine rings is 1. The van der Waals surface area contributed by atoms with E-state index in [9.17, 15) is 8.42 Å². The Kier molecular flexibility index (Phi) is 4.74. The average Bonchev–Trinajstić information content (AvgIpc) is 3.26. The Morgan fingerprint density at radius 1 is 1.14 bits per heavy atom. The second-order valence-electron chi connectivity index (χ2n) is 6.27. The van der Waals surface area contributed by atoms with Crippen LogP contribution in [0.5, 0.6) is 0 Å². The summed E-state index contributed by atoms with van der Waals surface area (Å²) in [4.78, 5) is 12.9. The lowest BCUT2D eigenvalue weighted by Crippen LogP contribution is -2.16. The van der Waals surface area contributed by atoms with Crippen LogP contribution < -0.4 is 10.9 Å². The first-order valence-electron chi connectivity index (χ1n) is 8.47. The molecule has 0 saturated heterocycles. The van der Waals surface area contributed by atoms with Gasteiger partial charge in [0.1, 0.15) is 12.4 Å². The summed E-state index contributed by atoms with van der Waals surface area (Å²) in [6.07, 6.45) is 2.04. The van der Waals surface area contributed by atoms with E-state index in [2.05, 4.69) is 24.2 Å². The van der Waals surface area contributed by atoms with Gasteiger partial charge in [-0.25, -0.2) is 5.14 Å². The largest absolute Gasteiger partial charge is 0.458 e. The minimum absolute atomic E-state index is 0.0894. The summed E-state index contributed by atoms with van der Waals surface area (Å²) in [7, 11) is -4.04. The summed E-state index contributed by atoms with van der Waals surface area (Å²) in [6.45, 7) is 1.58. The van der Waals surface area contributed by atoms with Gasteiger partial charge in [-0.15, -0.1) is 0 Å². The van der Waals surface area contributed by atoms with Crippen LogP contribution in [0.4, 0.5) is 5.95 Å². The quantitative estimate of drug-likeness (QED) is 0.467. The monoisotopic (exact) mass is 415 g/mol. The van der Waals surface area contributed by atoms with Crippen LogP contribution in [0.25, 0.3) is 17.2 Å². The lowest BCUT2D eigenvalue weighted by atomic mass is 10.1. The van der Waals surface area contributed by atoms with E-state index in [-0.39, 0.29) is 12.6 Å². The number of aryl methyl sites for hydroxylation is 1. The Hall–Kier alpha value is -3.35. The number of nitrogens with two attached hydrogens (primary N) is 2. The molecule has 0 aromatic carbocycles. The van der Waals surface area contributed by atoms with Gasteiger partial charge in [0.25, 0.3) is 0 Å². The number of furan rings is 1. The number of rotatable bonds is 6. The molecule has 0 aliphatic carbocycles. The minimum Gasteiger partial charge on any atom is -0.458 e. The molecule has 12 heteroatoms. The number of hydrogen-bond donors (Lipinski definition) is 2. The maximum absolute atomic E-state index is 11.0. The highest BCUT2D eigenvalue weighted by Crippen LogP contribution is 2.23. The third-order valence-corrected chi connectivity index (χ3v) is 4.47. The molecule has 0 aliphatic rings. The van der Waals surface area contributed by atoms with Gasteiger partial charge in [-0.2, -0.15) is 28.0 Å². The van der Waals surface area contributed by atoms with Crippen molar-refractivity contribution in [3.63, 3.8) is 0 Å². The fraction of sp³-hybridized carbons (Fsp3) is 0.176. The van der Waals surface area contributed by atoms with Crippen molar-refractivity contribution in [2.75, 3.05) is 5.73 Å². The summed E-state index contributed by atoms with van der Waals surface area (Å²) < 4.78 is 33.7. The van der Waals surface area contributed by atoms with Crippen molar-refractivity contribution in [3.8, 4) is 11.6 Å². The van der Waals surface area contributed by atoms with Gasteiger partial charge in [0.15, 0.2) is 11.4 Å². The molecule has 4 N–H and O–H groups in total. The Bertz CT molecular complexity index is 1300. The van der Waals surface area contributed by atoms with E-state index in [0.29, 0.717) is 35.0 Å². The summed E-state index contributed by atoms with van der Waals surface area (Å²) in [6, 6.07) is 8.79. The van der Waals surface area contributed by atoms with Crippen LogP contribution in [0.2, 0.25) is 0 Å². The third-order valence-electron chi connectivity index (χ3n) is 4.03. The minimum atomic E-state index is -4.04. The molecule has 0 spiro atoms. The van der Waals surface area contributed by atoms with Crippen LogP contribution in [-0.2, 0) is 27.5 Å². The molecule has 11 nitrogen and oxygen atoms in total. The van der Waals surface area contributed by atoms with Gasteiger partial charge in [-0.1, -0.05) is 6.07 Å². The molecule has 0 saturated carbocycles. The zero-order chi connectivity index (χ0) is 20.6. The van der Waals surface area contributed by atoms with Crippen LogP contribution in [0, 0.1) is 6.92 Å². The second-order valence-corrected chi connectivity index (χ2v) is 7.49. The van der Waals surface area contributed by atoms with Gasteiger partial charge in [0.05, 0.1) is 11.9 Å². The van der Waals surface area contributed by atoms with Crippen molar-refractivity contribution in [1.82, 2.24) is 24.6 Å². The van der Waals surface area contributed by atoms with Crippen molar-refractivity contribution in [2.45, 2.75) is 20.0 Å². The number of hydrogen-bond acceptors (Lipinski definition) is 9. The molecule has 4 aromatic heterocycles. The number of nitrogen functional groups attached to an aromatic ring is 1. The second kappa shape index (κ2) is 7.24. The number of anilines is 1. The molecule has 4 rings (SSSR count). The highest BCUT2D eigenvalue weighted by molar-refractivity contribution is 7.84. The molecule has 4 heterocycles. The predicted molar refractivity (Wildman–Crippen MR) is 103 cm³/mol. The molecule has 150 valence electrons. The normalized spacial score (nSPS) is 11.9. The molecule has 0 atom stereocenters. The Labute approximate surface area is 165 Å². The summed E-state index contributed by atoms with van der Waals surface area (Å²) in [5.74, 6) is 1.79. The smallest absolute Gasteiger partial charge is 0.333 e. The van der Waals surface area contributed by atoms with Crippen LogP contribution in [-0.4, -0.2) is 33.0 Å². The first-order valence-corrected chi connectivity index (χ1v) is 9.94. The van der Waals surface area contributed by atoms with Crippen LogP contribution in [0.15, 0.2) is 40.9 Å². The van der Waals surface area contributed by atoms with Crippen LogP contribution in [0.1, 0.15) is 22.7 Å². The van der Waals surface area contributed by atoms with Crippen LogP contribution in [0.3, 0.4) is 0 Å². The van der Waals surface area contributed by atoms with E-state index in [1.807, 2.05) is 13.0 Å². The van der Waals surface area contributed by atoms with E-state index >= 15 is 0 Å². The lowest BCUT2D eigenvalue weighted by Gasteiger charge is -2.05. The van der Waals surface area contributed by atoms with Crippen molar-refractivity contribution >= 4 is 21.9 Å². The lowest BCUT2D eigenvalue weighted by molar-refractivity contribution is 0.304. The molecule has 0 amide bonds. The van der Waals surface area contributed by atoms with Crippen molar-refractivity contribution in [2.24, 2.45) is 5.14 Å².